The summed E-state index contributed by atoms with van der Waals surface area (Å²) in [5, 5.41) is 0. The third-order valence-corrected chi connectivity index (χ3v) is 4.38. The highest BCUT2D eigenvalue weighted by Gasteiger charge is 2.32. The van der Waals surface area contributed by atoms with Gasteiger partial charge in [-0.25, -0.2) is 0 Å². The number of aromatic nitrogens is 2. The zero-order valence-corrected chi connectivity index (χ0v) is 13.0. The molecule has 0 bridgehead atoms. The van der Waals surface area contributed by atoms with E-state index in [1.807, 2.05) is 24.5 Å². The molecule has 0 amide bonds. The van der Waals surface area contributed by atoms with Crippen molar-refractivity contribution in [2.75, 3.05) is 0 Å². The van der Waals surface area contributed by atoms with E-state index in [2.05, 4.69) is 61.9 Å². The fraction of sp³-hybridized carbons (Fsp3) is 0.333. The van der Waals surface area contributed by atoms with E-state index in [0.29, 0.717) is 0 Å². The Morgan fingerprint density at radius 3 is 1.48 bits per heavy atom. The first-order valence-electron chi connectivity index (χ1n) is 7.31. The van der Waals surface area contributed by atoms with Crippen molar-refractivity contribution < 1.29 is 4.42 Å². The summed E-state index contributed by atoms with van der Waals surface area (Å²) >= 11 is 0. The summed E-state index contributed by atoms with van der Waals surface area (Å²) < 4.78 is 6.22. The van der Waals surface area contributed by atoms with E-state index in [0.717, 1.165) is 22.9 Å². The van der Waals surface area contributed by atoms with Crippen LogP contribution in [0.5, 0.6) is 0 Å². The monoisotopic (exact) mass is 282 g/mol. The first-order chi connectivity index (χ1) is 9.92. The Kier molecular flexibility index (Phi) is 3.08. The normalized spacial score (nSPS) is 12.8. The van der Waals surface area contributed by atoms with Crippen molar-refractivity contribution in [2.45, 2.75) is 38.5 Å². The number of hydrogen-bond acceptors (Lipinski definition) is 1. The molecule has 0 saturated carbocycles. The van der Waals surface area contributed by atoms with E-state index >= 15 is 0 Å². The van der Waals surface area contributed by atoms with E-state index in [4.69, 9.17) is 4.42 Å². The molecule has 3 rings (SSSR count). The number of hydrogen-bond donors (Lipinski definition) is 2. The Balaban J connectivity index is 1.97. The van der Waals surface area contributed by atoms with Crippen LogP contribution in [0.25, 0.3) is 0 Å². The Bertz CT molecular complexity index is 640. The lowest BCUT2D eigenvalue weighted by Gasteiger charge is -2.23. The van der Waals surface area contributed by atoms with E-state index < -0.39 is 0 Å². The minimum Gasteiger partial charge on any atom is -0.464 e. The summed E-state index contributed by atoms with van der Waals surface area (Å²) in [6.07, 6.45) is 3.90. The van der Waals surface area contributed by atoms with E-state index in [9.17, 15) is 0 Å². The summed E-state index contributed by atoms with van der Waals surface area (Å²) in [5.41, 5.74) is 1.96. The van der Waals surface area contributed by atoms with Crippen LogP contribution in [-0.2, 0) is 10.8 Å². The molecule has 110 valence electrons. The van der Waals surface area contributed by atoms with Gasteiger partial charge in [0.2, 0.25) is 0 Å². The molecule has 0 atom stereocenters. The highest BCUT2D eigenvalue weighted by atomic mass is 16.3. The zero-order valence-electron chi connectivity index (χ0n) is 13.0. The van der Waals surface area contributed by atoms with Crippen LogP contribution >= 0.6 is 0 Å². The minimum absolute atomic E-state index is 0.173. The minimum atomic E-state index is -0.173. The van der Waals surface area contributed by atoms with Crippen molar-refractivity contribution >= 4 is 0 Å². The van der Waals surface area contributed by atoms with E-state index in [1.54, 1.807) is 0 Å². The van der Waals surface area contributed by atoms with Crippen molar-refractivity contribution in [1.82, 2.24) is 9.97 Å². The number of aromatic amines is 2. The Morgan fingerprint density at radius 1 is 0.714 bits per heavy atom. The van der Waals surface area contributed by atoms with Crippen molar-refractivity contribution in [2.24, 2.45) is 0 Å². The van der Waals surface area contributed by atoms with Gasteiger partial charge in [-0.2, -0.15) is 0 Å². The van der Waals surface area contributed by atoms with Gasteiger partial charge in [-0.15, -0.1) is 0 Å². The topological polar surface area (TPSA) is 44.7 Å². The molecule has 0 spiro atoms. The molecule has 0 fully saturated rings. The lowest BCUT2D eigenvalue weighted by Crippen LogP contribution is -2.20. The van der Waals surface area contributed by atoms with Gasteiger partial charge in [-0.3, -0.25) is 0 Å². The highest BCUT2D eigenvalue weighted by molar-refractivity contribution is 5.33. The van der Waals surface area contributed by atoms with Crippen molar-refractivity contribution in [1.29, 1.82) is 0 Å². The second kappa shape index (κ2) is 4.69. The second-order valence-corrected chi connectivity index (χ2v) is 6.58. The SMILES string of the molecule is CC(C)(c1ccc[nH]1)c1ccc(C(C)(C)c2ccc[nH]2)o1. The zero-order chi connectivity index (χ0) is 15.1. The van der Waals surface area contributed by atoms with Gasteiger partial charge in [-0.05, 0) is 64.1 Å². The average Bonchev–Trinajstić information content (AvgIpc) is 3.19. The molecule has 3 aromatic rings. The highest BCUT2D eigenvalue weighted by Crippen LogP contribution is 2.37. The van der Waals surface area contributed by atoms with Crippen molar-refractivity contribution in [3.63, 3.8) is 0 Å². The third kappa shape index (κ3) is 2.23. The van der Waals surface area contributed by atoms with Crippen molar-refractivity contribution in [3.8, 4) is 0 Å². The fourth-order valence-electron chi connectivity index (χ4n) is 2.71. The van der Waals surface area contributed by atoms with Crippen molar-refractivity contribution in [3.05, 3.63) is 71.7 Å². The number of nitrogens with one attached hydrogen (secondary N) is 2. The summed E-state index contributed by atoms with van der Waals surface area (Å²) in [7, 11) is 0. The number of rotatable bonds is 4. The summed E-state index contributed by atoms with van der Waals surface area (Å²) in [4.78, 5) is 6.57. The first kappa shape index (κ1) is 13.8. The van der Waals surface area contributed by atoms with Crippen LogP contribution in [-0.4, -0.2) is 9.97 Å². The van der Waals surface area contributed by atoms with Gasteiger partial charge < -0.3 is 14.4 Å². The van der Waals surface area contributed by atoms with Crippen LogP contribution in [0.2, 0.25) is 0 Å². The van der Waals surface area contributed by atoms with Gasteiger partial charge in [0.25, 0.3) is 0 Å². The van der Waals surface area contributed by atoms with Gasteiger partial charge in [-0.1, -0.05) is 0 Å². The number of H-pyrrole nitrogens is 2. The molecular weight excluding hydrogens is 260 g/mol. The summed E-state index contributed by atoms with van der Waals surface area (Å²) in [6, 6.07) is 12.4. The molecule has 0 aliphatic carbocycles. The average molecular weight is 282 g/mol. The van der Waals surface area contributed by atoms with Gasteiger partial charge >= 0.3 is 0 Å². The second-order valence-electron chi connectivity index (χ2n) is 6.58. The Morgan fingerprint density at radius 2 is 1.14 bits per heavy atom. The van der Waals surface area contributed by atoms with Crippen LogP contribution in [0.1, 0.15) is 50.6 Å². The molecule has 21 heavy (non-hydrogen) atoms. The van der Waals surface area contributed by atoms with Crippen LogP contribution in [0, 0.1) is 0 Å². The predicted molar refractivity (Wildman–Crippen MR) is 84.5 cm³/mol. The van der Waals surface area contributed by atoms with Gasteiger partial charge in [0.1, 0.15) is 11.5 Å². The molecule has 0 radical (unpaired) electrons. The smallest absolute Gasteiger partial charge is 0.115 e. The third-order valence-electron chi connectivity index (χ3n) is 4.38. The Labute approximate surface area is 125 Å². The first-order valence-corrected chi connectivity index (χ1v) is 7.31. The largest absolute Gasteiger partial charge is 0.464 e. The molecule has 3 aromatic heterocycles. The van der Waals surface area contributed by atoms with Gasteiger partial charge in [0.15, 0.2) is 0 Å². The molecule has 0 aromatic carbocycles. The molecule has 2 N–H and O–H groups in total. The van der Waals surface area contributed by atoms with Crippen LogP contribution in [0.15, 0.2) is 53.2 Å². The molecule has 0 aliphatic heterocycles. The van der Waals surface area contributed by atoms with Crippen LogP contribution < -0.4 is 0 Å². The van der Waals surface area contributed by atoms with Gasteiger partial charge in [0, 0.05) is 23.8 Å². The predicted octanol–water partition coefficient (Wildman–Crippen LogP) is 4.59. The lowest BCUT2D eigenvalue weighted by atomic mass is 9.86. The molecular formula is C18H22N2O. The lowest BCUT2D eigenvalue weighted by molar-refractivity contribution is 0.359. The maximum Gasteiger partial charge on any atom is 0.115 e. The quantitative estimate of drug-likeness (QED) is 0.722. The Hall–Kier alpha value is -2.16. The fourth-order valence-corrected chi connectivity index (χ4v) is 2.71. The molecule has 0 unspecified atom stereocenters. The number of furan rings is 1. The molecule has 3 heterocycles. The van der Waals surface area contributed by atoms with E-state index in [-0.39, 0.29) is 10.8 Å². The summed E-state index contributed by atoms with van der Waals surface area (Å²) in [5.74, 6) is 1.94. The summed E-state index contributed by atoms with van der Waals surface area (Å²) in [6.45, 7) is 8.68. The maximum absolute atomic E-state index is 6.22. The standard InChI is InChI=1S/C18H22N2O/c1-17(2,13-7-5-11-19-13)15-9-10-16(21-15)18(3,4)14-8-6-12-20-14/h5-12,19-20H,1-4H3. The maximum atomic E-state index is 6.22. The molecule has 3 nitrogen and oxygen atoms in total. The van der Waals surface area contributed by atoms with E-state index in [1.165, 1.54) is 0 Å². The molecule has 0 saturated heterocycles. The van der Waals surface area contributed by atoms with Crippen LogP contribution in [0.4, 0.5) is 0 Å². The van der Waals surface area contributed by atoms with Crippen LogP contribution in [0.3, 0.4) is 0 Å². The van der Waals surface area contributed by atoms with Gasteiger partial charge in [0.05, 0.1) is 10.8 Å². The molecule has 0 aliphatic rings. The molecule has 3 heteroatoms.